The Morgan fingerprint density at radius 1 is 1.00 bits per heavy atom. The van der Waals surface area contributed by atoms with Crippen LogP contribution in [0, 0.1) is 6.92 Å². The van der Waals surface area contributed by atoms with Crippen molar-refractivity contribution in [1.29, 1.82) is 0 Å². The van der Waals surface area contributed by atoms with Crippen LogP contribution >= 0.6 is 12.4 Å². The summed E-state index contributed by atoms with van der Waals surface area (Å²) in [5, 5.41) is 2.12. The number of aromatic nitrogens is 2. The molecular weight excluding hydrogens is 300 g/mol. The van der Waals surface area contributed by atoms with Gasteiger partial charge in [0.05, 0.1) is 19.9 Å². The largest absolute Gasteiger partial charge is 0.493 e. The van der Waals surface area contributed by atoms with Gasteiger partial charge in [0.1, 0.15) is 0 Å². The van der Waals surface area contributed by atoms with E-state index >= 15 is 0 Å². The summed E-state index contributed by atoms with van der Waals surface area (Å²) < 4.78 is 10.7. The molecule has 2 heterocycles. The van der Waals surface area contributed by atoms with E-state index in [-0.39, 0.29) is 12.4 Å². The molecule has 0 aliphatic carbocycles. The number of methoxy groups -OCH3 is 2. The Hall–Kier alpha value is -2.33. The van der Waals surface area contributed by atoms with Gasteiger partial charge in [-0.25, -0.2) is 0 Å². The number of rotatable bonds is 3. The number of halogens is 1. The molecule has 2 aromatic heterocycles. The summed E-state index contributed by atoms with van der Waals surface area (Å²) in [5.41, 5.74) is 2.85. The quantitative estimate of drug-likeness (QED) is 0.731. The molecule has 0 unspecified atom stereocenters. The van der Waals surface area contributed by atoms with E-state index in [0.717, 1.165) is 27.7 Å². The minimum Gasteiger partial charge on any atom is -0.493 e. The van der Waals surface area contributed by atoms with Crippen LogP contribution in [0.1, 0.15) is 5.69 Å². The fraction of sp³-hybridized carbons (Fsp3) is 0.176. The number of hydrogen-bond donors (Lipinski definition) is 0. The molecule has 0 fully saturated rings. The minimum absolute atomic E-state index is 0. The summed E-state index contributed by atoms with van der Waals surface area (Å²) in [7, 11) is 3.27. The molecule has 0 N–H and O–H groups in total. The zero-order chi connectivity index (χ0) is 14.8. The number of benzene rings is 1. The van der Waals surface area contributed by atoms with Crippen LogP contribution in [0.3, 0.4) is 0 Å². The van der Waals surface area contributed by atoms with Crippen molar-refractivity contribution in [1.82, 2.24) is 9.97 Å². The average Bonchev–Trinajstić information content (AvgIpc) is 2.54. The maximum atomic E-state index is 5.37. The second-order valence-corrected chi connectivity index (χ2v) is 4.76. The Morgan fingerprint density at radius 3 is 2.36 bits per heavy atom. The molecule has 0 atom stereocenters. The number of pyridine rings is 2. The summed E-state index contributed by atoms with van der Waals surface area (Å²) in [6, 6.07) is 9.89. The SMILES string of the molecule is COc1cc2cc(-c3cccnc3)nc(C)c2cc1OC.Cl. The van der Waals surface area contributed by atoms with Crippen LogP contribution in [0.4, 0.5) is 0 Å². The van der Waals surface area contributed by atoms with E-state index in [2.05, 4.69) is 9.97 Å². The van der Waals surface area contributed by atoms with Crippen molar-refractivity contribution < 1.29 is 9.47 Å². The topological polar surface area (TPSA) is 44.2 Å². The molecule has 3 aromatic rings. The van der Waals surface area contributed by atoms with Crippen LogP contribution in [0.15, 0.2) is 42.7 Å². The van der Waals surface area contributed by atoms with E-state index in [9.17, 15) is 0 Å². The van der Waals surface area contributed by atoms with Gasteiger partial charge in [0.2, 0.25) is 0 Å². The Morgan fingerprint density at radius 2 is 1.73 bits per heavy atom. The Bertz CT molecular complexity index is 792. The molecule has 3 rings (SSSR count). The number of ether oxygens (including phenoxy) is 2. The van der Waals surface area contributed by atoms with Gasteiger partial charge in [-0.3, -0.25) is 9.97 Å². The first-order chi connectivity index (χ1) is 10.2. The maximum Gasteiger partial charge on any atom is 0.161 e. The van der Waals surface area contributed by atoms with Crippen LogP contribution in [-0.2, 0) is 0 Å². The van der Waals surface area contributed by atoms with Gasteiger partial charge >= 0.3 is 0 Å². The third-order valence-corrected chi connectivity index (χ3v) is 3.48. The molecule has 4 nitrogen and oxygen atoms in total. The lowest BCUT2D eigenvalue weighted by Crippen LogP contribution is -1.94. The first-order valence-corrected chi connectivity index (χ1v) is 6.66. The number of nitrogens with zero attached hydrogens (tertiary/aromatic N) is 2. The Kier molecular flexibility index (Phi) is 4.83. The molecule has 0 amide bonds. The highest BCUT2D eigenvalue weighted by atomic mass is 35.5. The highest BCUT2D eigenvalue weighted by Crippen LogP contribution is 2.34. The second-order valence-electron chi connectivity index (χ2n) is 4.76. The van der Waals surface area contributed by atoms with Crippen LogP contribution < -0.4 is 9.47 Å². The van der Waals surface area contributed by atoms with Gasteiger partial charge in [0.15, 0.2) is 11.5 Å². The van der Waals surface area contributed by atoms with Gasteiger partial charge < -0.3 is 9.47 Å². The van der Waals surface area contributed by atoms with Crippen molar-refractivity contribution >= 4 is 23.2 Å². The molecular formula is C17H17ClN2O2. The van der Waals surface area contributed by atoms with Gasteiger partial charge in [0, 0.05) is 29.0 Å². The molecule has 0 spiro atoms. The van der Waals surface area contributed by atoms with E-state index in [1.807, 2.05) is 43.5 Å². The molecule has 0 saturated carbocycles. The van der Waals surface area contributed by atoms with Crippen LogP contribution in [-0.4, -0.2) is 24.2 Å². The third-order valence-electron chi connectivity index (χ3n) is 3.48. The number of aryl methyl sites for hydroxylation is 1. The standard InChI is InChI=1S/C17H16N2O2.ClH/c1-11-14-9-17(21-3)16(20-2)8-13(14)7-15(19-11)12-5-4-6-18-10-12;/h4-10H,1-3H3;1H. The molecule has 22 heavy (non-hydrogen) atoms. The molecule has 114 valence electrons. The number of fused-ring (bicyclic) bond motifs is 1. The Balaban J connectivity index is 0.00000176. The molecule has 5 heteroatoms. The van der Waals surface area contributed by atoms with E-state index in [1.165, 1.54) is 0 Å². The van der Waals surface area contributed by atoms with Gasteiger partial charge in [-0.2, -0.15) is 0 Å². The molecule has 0 aliphatic rings. The molecule has 0 bridgehead atoms. The van der Waals surface area contributed by atoms with E-state index in [4.69, 9.17) is 9.47 Å². The maximum absolute atomic E-state index is 5.37. The van der Waals surface area contributed by atoms with Crippen LogP contribution in [0.5, 0.6) is 11.5 Å². The second kappa shape index (κ2) is 6.62. The first-order valence-electron chi connectivity index (χ1n) is 6.66. The summed E-state index contributed by atoms with van der Waals surface area (Å²) in [6.45, 7) is 1.99. The highest BCUT2D eigenvalue weighted by Gasteiger charge is 2.10. The lowest BCUT2D eigenvalue weighted by atomic mass is 10.1. The van der Waals surface area contributed by atoms with Gasteiger partial charge in [0.25, 0.3) is 0 Å². The summed E-state index contributed by atoms with van der Waals surface area (Å²) >= 11 is 0. The first kappa shape index (κ1) is 16.0. The van der Waals surface area contributed by atoms with Gasteiger partial charge in [-0.05, 0) is 42.6 Å². The number of hydrogen-bond acceptors (Lipinski definition) is 4. The van der Waals surface area contributed by atoms with Gasteiger partial charge in [-0.15, -0.1) is 12.4 Å². The summed E-state index contributed by atoms with van der Waals surface area (Å²) in [6.07, 6.45) is 3.57. The van der Waals surface area contributed by atoms with Crippen molar-refractivity contribution in [2.24, 2.45) is 0 Å². The molecule has 1 aromatic carbocycles. The lowest BCUT2D eigenvalue weighted by Gasteiger charge is -2.11. The fourth-order valence-electron chi connectivity index (χ4n) is 2.41. The van der Waals surface area contributed by atoms with Crippen molar-refractivity contribution in [3.63, 3.8) is 0 Å². The molecule has 0 saturated heterocycles. The smallest absolute Gasteiger partial charge is 0.161 e. The van der Waals surface area contributed by atoms with E-state index in [0.29, 0.717) is 11.5 Å². The predicted octanol–water partition coefficient (Wildman–Crippen LogP) is 4.04. The highest BCUT2D eigenvalue weighted by molar-refractivity contribution is 5.90. The van der Waals surface area contributed by atoms with Crippen molar-refractivity contribution in [3.05, 3.63) is 48.4 Å². The van der Waals surface area contributed by atoms with Crippen molar-refractivity contribution in [2.75, 3.05) is 14.2 Å². The normalized spacial score (nSPS) is 10.1. The van der Waals surface area contributed by atoms with E-state index < -0.39 is 0 Å². The minimum atomic E-state index is 0. The fourth-order valence-corrected chi connectivity index (χ4v) is 2.41. The lowest BCUT2D eigenvalue weighted by molar-refractivity contribution is 0.356. The molecule has 0 aliphatic heterocycles. The van der Waals surface area contributed by atoms with Gasteiger partial charge in [-0.1, -0.05) is 0 Å². The van der Waals surface area contributed by atoms with Crippen LogP contribution in [0.25, 0.3) is 22.0 Å². The van der Waals surface area contributed by atoms with Crippen LogP contribution in [0.2, 0.25) is 0 Å². The molecule has 0 radical (unpaired) electrons. The summed E-state index contributed by atoms with van der Waals surface area (Å²) in [5.74, 6) is 1.43. The zero-order valence-corrected chi connectivity index (χ0v) is 13.5. The zero-order valence-electron chi connectivity index (χ0n) is 12.7. The average molecular weight is 317 g/mol. The van der Waals surface area contributed by atoms with E-state index in [1.54, 1.807) is 20.4 Å². The predicted molar refractivity (Wildman–Crippen MR) is 90.1 cm³/mol. The van der Waals surface area contributed by atoms with Crippen molar-refractivity contribution in [2.45, 2.75) is 6.92 Å². The monoisotopic (exact) mass is 316 g/mol. The Labute approximate surface area is 135 Å². The van der Waals surface area contributed by atoms with Crippen molar-refractivity contribution in [3.8, 4) is 22.8 Å². The third kappa shape index (κ3) is 2.83. The summed E-state index contributed by atoms with van der Waals surface area (Å²) in [4.78, 5) is 8.81.